The minimum absolute atomic E-state index is 0.764. The lowest BCUT2D eigenvalue weighted by molar-refractivity contribution is 0.221. The number of hydrogen-bond donors (Lipinski definition) is 0. The summed E-state index contributed by atoms with van der Waals surface area (Å²) in [5.74, 6) is 2.65. The zero-order valence-electron chi connectivity index (χ0n) is 11.9. The van der Waals surface area contributed by atoms with Gasteiger partial charge in [0.2, 0.25) is 0 Å². The van der Waals surface area contributed by atoms with Gasteiger partial charge in [-0.25, -0.2) is 0 Å². The third-order valence-electron chi connectivity index (χ3n) is 3.87. The number of thioether (sulfide) groups is 1. The largest absolute Gasteiger partial charge is 0.299 e. The fourth-order valence-corrected chi connectivity index (χ4v) is 3.68. The molecule has 1 fully saturated rings. The summed E-state index contributed by atoms with van der Waals surface area (Å²) >= 11 is 2.09. The molecule has 1 aliphatic rings. The highest BCUT2D eigenvalue weighted by Gasteiger charge is 2.19. The molecule has 3 nitrogen and oxygen atoms in total. The normalized spacial score (nSPS) is 17.6. The van der Waals surface area contributed by atoms with Crippen LogP contribution in [0.5, 0.6) is 0 Å². The van der Waals surface area contributed by atoms with Crippen molar-refractivity contribution < 1.29 is 0 Å². The maximum atomic E-state index is 4.49. The van der Waals surface area contributed by atoms with Gasteiger partial charge in [0, 0.05) is 30.4 Å². The SMILES string of the molecule is CCCn1ncc(CN(C)C2CCSCC2)c1C. The number of aromatic nitrogens is 2. The topological polar surface area (TPSA) is 21.1 Å². The van der Waals surface area contributed by atoms with E-state index in [1.165, 1.54) is 35.6 Å². The Hall–Kier alpha value is -0.480. The van der Waals surface area contributed by atoms with Gasteiger partial charge in [0.15, 0.2) is 0 Å². The molecule has 102 valence electrons. The van der Waals surface area contributed by atoms with E-state index < -0.39 is 0 Å². The number of aryl methyl sites for hydroxylation is 1. The lowest BCUT2D eigenvalue weighted by Gasteiger charge is -2.30. The summed E-state index contributed by atoms with van der Waals surface area (Å²) in [5.41, 5.74) is 2.73. The lowest BCUT2D eigenvalue weighted by Crippen LogP contribution is -2.34. The Morgan fingerprint density at radius 2 is 2.17 bits per heavy atom. The quantitative estimate of drug-likeness (QED) is 0.818. The van der Waals surface area contributed by atoms with E-state index >= 15 is 0 Å². The predicted molar refractivity (Wildman–Crippen MR) is 79.1 cm³/mol. The van der Waals surface area contributed by atoms with Crippen LogP contribution in [-0.4, -0.2) is 39.3 Å². The molecule has 18 heavy (non-hydrogen) atoms. The van der Waals surface area contributed by atoms with Crippen LogP contribution in [0.15, 0.2) is 6.20 Å². The summed E-state index contributed by atoms with van der Waals surface area (Å²) in [7, 11) is 2.26. The highest BCUT2D eigenvalue weighted by atomic mass is 32.2. The van der Waals surface area contributed by atoms with E-state index in [4.69, 9.17) is 0 Å². The van der Waals surface area contributed by atoms with Crippen molar-refractivity contribution in [3.8, 4) is 0 Å². The first-order chi connectivity index (χ1) is 8.72. The van der Waals surface area contributed by atoms with Crippen LogP contribution in [0.3, 0.4) is 0 Å². The van der Waals surface area contributed by atoms with Gasteiger partial charge in [0.05, 0.1) is 6.20 Å². The van der Waals surface area contributed by atoms with Crippen molar-refractivity contribution in [1.29, 1.82) is 0 Å². The summed E-state index contributed by atoms with van der Waals surface area (Å²) in [4.78, 5) is 2.51. The van der Waals surface area contributed by atoms with Crippen molar-refractivity contribution in [2.24, 2.45) is 0 Å². The first kappa shape index (κ1) is 13.9. The molecule has 0 N–H and O–H groups in total. The van der Waals surface area contributed by atoms with Crippen LogP contribution in [0.4, 0.5) is 0 Å². The molecule has 4 heteroatoms. The molecule has 0 saturated carbocycles. The monoisotopic (exact) mass is 267 g/mol. The molecule has 1 saturated heterocycles. The minimum Gasteiger partial charge on any atom is -0.299 e. The molecule has 0 radical (unpaired) electrons. The van der Waals surface area contributed by atoms with Crippen molar-refractivity contribution in [2.75, 3.05) is 18.6 Å². The summed E-state index contributed by atoms with van der Waals surface area (Å²) in [6, 6.07) is 0.764. The first-order valence-corrected chi connectivity index (χ1v) is 8.17. The second kappa shape index (κ2) is 6.62. The fourth-order valence-electron chi connectivity index (χ4n) is 2.60. The summed E-state index contributed by atoms with van der Waals surface area (Å²) in [5, 5.41) is 4.49. The first-order valence-electron chi connectivity index (χ1n) is 7.01. The van der Waals surface area contributed by atoms with Crippen LogP contribution < -0.4 is 0 Å². The van der Waals surface area contributed by atoms with Crippen LogP contribution in [0, 0.1) is 6.92 Å². The Labute approximate surface area is 115 Å². The smallest absolute Gasteiger partial charge is 0.0537 e. The molecule has 0 amide bonds. The van der Waals surface area contributed by atoms with Gasteiger partial charge in [-0.1, -0.05) is 6.92 Å². The van der Waals surface area contributed by atoms with Gasteiger partial charge in [0.1, 0.15) is 0 Å². The van der Waals surface area contributed by atoms with E-state index in [0.29, 0.717) is 0 Å². The average molecular weight is 267 g/mol. The highest BCUT2D eigenvalue weighted by molar-refractivity contribution is 7.99. The van der Waals surface area contributed by atoms with Crippen molar-refractivity contribution in [2.45, 2.75) is 52.2 Å². The standard InChI is InChI=1S/C14H25N3S/c1-4-7-17-12(2)13(10-15-17)11-16(3)14-5-8-18-9-6-14/h10,14H,4-9,11H2,1-3H3. The molecule has 0 aromatic carbocycles. The van der Waals surface area contributed by atoms with Crippen molar-refractivity contribution >= 4 is 11.8 Å². The van der Waals surface area contributed by atoms with Crippen LogP contribution in [-0.2, 0) is 13.1 Å². The lowest BCUT2D eigenvalue weighted by atomic mass is 10.1. The summed E-state index contributed by atoms with van der Waals surface area (Å²) in [6.07, 6.45) is 5.88. The van der Waals surface area contributed by atoms with Crippen molar-refractivity contribution in [3.63, 3.8) is 0 Å². The van der Waals surface area contributed by atoms with E-state index in [2.05, 4.69) is 53.5 Å². The molecule has 0 aliphatic carbocycles. The zero-order chi connectivity index (χ0) is 13.0. The van der Waals surface area contributed by atoms with E-state index in [1.807, 2.05) is 0 Å². The third-order valence-corrected chi connectivity index (χ3v) is 4.92. The maximum Gasteiger partial charge on any atom is 0.0537 e. The van der Waals surface area contributed by atoms with Gasteiger partial charge in [-0.2, -0.15) is 16.9 Å². The molecule has 1 aliphatic heterocycles. The Kier molecular flexibility index (Phi) is 5.13. The Balaban J connectivity index is 1.95. The molecule has 0 spiro atoms. The predicted octanol–water partition coefficient (Wildman–Crippen LogP) is 2.93. The van der Waals surface area contributed by atoms with E-state index in [9.17, 15) is 0 Å². The Morgan fingerprint density at radius 1 is 1.44 bits per heavy atom. The molecule has 0 atom stereocenters. The van der Waals surface area contributed by atoms with E-state index in [1.54, 1.807) is 0 Å². The second-order valence-electron chi connectivity index (χ2n) is 5.24. The molecule has 0 bridgehead atoms. The third kappa shape index (κ3) is 3.29. The molecular formula is C14H25N3S. The fraction of sp³-hybridized carbons (Fsp3) is 0.786. The molecule has 0 unspecified atom stereocenters. The molecule has 1 aromatic heterocycles. The highest BCUT2D eigenvalue weighted by Crippen LogP contribution is 2.22. The van der Waals surface area contributed by atoms with Gasteiger partial charge in [0.25, 0.3) is 0 Å². The molecule has 2 rings (SSSR count). The second-order valence-corrected chi connectivity index (χ2v) is 6.46. The summed E-state index contributed by atoms with van der Waals surface area (Å²) < 4.78 is 2.14. The Bertz CT molecular complexity index is 369. The van der Waals surface area contributed by atoms with Gasteiger partial charge < -0.3 is 0 Å². The van der Waals surface area contributed by atoms with Crippen molar-refractivity contribution in [3.05, 3.63) is 17.5 Å². The number of rotatable bonds is 5. The maximum absolute atomic E-state index is 4.49. The van der Waals surface area contributed by atoms with Gasteiger partial charge in [-0.3, -0.25) is 9.58 Å². The summed E-state index contributed by atoms with van der Waals surface area (Å²) in [6.45, 7) is 6.48. The van der Waals surface area contributed by atoms with Gasteiger partial charge >= 0.3 is 0 Å². The van der Waals surface area contributed by atoms with Gasteiger partial charge in [-0.15, -0.1) is 0 Å². The molecule has 2 heterocycles. The number of hydrogen-bond acceptors (Lipinski definition) is 3. The van der Waals surface area contributed by atoms with Crippen LogP contribution in [0.1, 0.15) is 37.4 Å². The Morgan fingerprint density at radius 3 is 2.83 bits per heavy atom. The van der Waals surface area contributed by atoms with Crippen LogP contribution in [0.25, 0.3) is 0 Å². The van der Waals surface area contributed by atoms with Gasteiger partial charge in [-0.05, 0) is 44.7 Å². The van der Waals surface area contributed by atoms with Crippen LogP contribution >= 0.6 is 11.8 Å². The van der Waals surface area contributed by atoms with Crippen LogP contribution in [0.2, 0.25) is 0 Å². The number of nitrogens with zero attached hydrogens (tertiary/aromatic N) is 3. The van der Waals surface area contributed by atoms with Crippen molar-refractivity contribution in [1.82, 2.24) is 14.7 Å². The zero-order valence-corrected chi connectivity index (χ0v) is 12.7. The molecule has 1 aromatic rings. The van der Waals surface area contributed by atoms with E-state index in [0.717, 1.165) is 25.6 Å². The molecular weight excluding hydrogens is 242 g/mol. The van der Waals surface area contributed by atoms with E-state index in [-0.39, 0.29) is 0 Å². The minimum atomic E-state index is 0.764. The average Bonchev–Trinajstić information content (AvgIpc) is 2.73.